The number of aliphatic carboxylic acids is 1. The van der Waals surface area contributed by atoms with E-state index in [2.05, 4.69) is 19.2 Å². The van der Waals surface area contributed by atoms with Gasteiger partial charge in [-0.15, -0.1) is 0 Å². The first kappa shape index (κ1) is 12.8. The number of nitrogens with zero attached hydrogens (tertiary/aromatic N) is 1. The van der Waals surface area contributed by atoms with E-state index < -0.39 is 5.97 Å². The minimum absolute atomic E-state index is 0.0565. The first-order chi connectivity index (χ1) is 8.90. The average Bonchev–Trinajstić information content (AvgIpc) is 2.74. The largest absolute Gasteiger partial charge is 0.481 e. The van der Waals surface area contributed by atoms with Crippen molar-refractivity contribution >= 4 is 12.0 Å². The SMILES string of the molecule is CC1(C)CC1CNC(=O)N1C2CCC1C(C(=O)O)C2. The fourth-order valence-electron chi connectivity index (χ4n) is 3.80. The van der Waals surface area contributed by atoms with Crippen molar-refractivity contribution in [2.24, 2.45) is 17.3 Å². The van der Waals surface area contributed by atoms with E-state index in [1.165, 1.54) is 0 Å². The summed E-state index contributed by atoms with van der Waals surface area (Å²) in [6, 6.07) is -0.00743. The van der Waals surface area contributed by atoms with E-state index in [1.807, 2.05) is 0 Å². The summed E-state index contributed by atoms with van der Waals surface area (Å²) in [7, 11) is 0. The van der Waals surface area contributed by atoms with Gasteiger partial charge in [-0.2, -0.15) is 0 Å². The van der Waals surface area contributed by atoms with Crippen molar-refractivity contribution in [2.75, 3.05) is 6.54 Å². The maximum atomic E-state index is 12.2. The summed E-state index contributed by atoms with van der Waals surface area (Å²) in [5.41, 5.74) is 0.362. The van der Waals surface area contributed by atoms with E-state index >= 15 is 0 Å². The lowest BCUT2D eigenvalue weighted by Crippen LogP contribution is -2.45. The lowest BCUT2D eigenvalue weighted by atomic mass is 9.89. The van der Waals surface area contributed by atoms with Crippen molar-refractivity contribution < 1.29 is 14.7 Å². The molecule has 0 aromatic rings. The molecule has 0 aromatic carbocycles. The summed E-state index contributed by atoms with van der Waals surface area (Å²) in [5, 5.41) is 12.2. The van der Waals surface area contributed by atoms with Crippen molar-refractivity contribution in [1.29, 1.82) is 0 Å². The molecule has 2 amide bonds. The second-order valence-corrected chi connectivity index (χ2v) is 6.96. The fourth-order valence-corrected chi connectivity index (χ4v) is 3.80. The van der Waals surface area contributed by atoms with Gasteiger partial charge in [0.1, 0.15) is 0 Å². The summed E-state index contributed by atoms with van der Waals surface area (Å²) in [6.07, 6.45) is 3.58. The van der Waals surface area contributed by atoms with E-state index in [4.69, 9.17) is 0 Å². The zero-order valence-electron chi connectivity index (χ0n) is 11.6. The number of urea groups is 1. The van der Waals surface area contributed by atoms with Crippen molar-refractivity contribution in [3.05, 3.63) is 0 Å². The van der Waals surface area contributed by atoms with E-state index in [0.717, 1.165) is 25.8 Å². The second kappa shape index (κ2) is 4.12. The molecule has 2 heterocycles. The molecule has 0 spiro atoms. The Morgan fingerprint density at radius 3 is 2.58 bits per heavy atom. The molecule has 0 aromatic heterocycles. The number of rotatable bonds is 3. The Balaban J connectivity index is 1.57. The van der Waals surface area contributed by atoms with Crippen LogP contribution in [0, 0.1) is 17.3 Å². The molecule has 19 heavy (non-hydrogen) atoms. The molecule has 5 nitrogen and oxygen atoms in total. The lowest BCUT2D eigenvalue weighted by molar-refractivity contribution is -0.142. The highest BCUT2D eigenvalue weighted by atomic mass is 16.4. The van der Waals surface area contributed by atoms with Crippen LogP contribution in [0.5, 0.6) is 0 Å². The maximum absolute atomic E-state index is 12.2. The predicted molar refractivity (Wildman–Crippen MR) is 69.7 cm³/mol. The number of carboxylic acid groups (broad SMARTS) is 1. The highest BCUT2D eigenvalue weighted by Gasteiger charge is 2.52. The van der Waals surface area contributed by atoms with Crippen LogP contribution in [0.15, 0.2) is 0 Å². The molecule has 5 heteroatoms. The van der Waals surface area contributed by atoms with Gasteiger partial charge in [0.15, 0.2) is 0 Å². The molecule has 2 aliphatic heterocycles. The quantitative estimate of drug-likeness (QED) is 0.816. The summed E-state index contributed by atoms with van der Waals surface area (Å²) in [6.45, 7) is 5.15. The molecule has 2 N–H and O–H groups in total. The lowest BCUT2D eigenvalue weighted by Gasteiger charge is -2.23. The van der Waals surface area contributed by atoms with Gasteiger partial charge in [-0.05, 0) is 37.0 Å². The van der Waals surface area contributed by atoms with Crippen molar-refractivity contribution in [3.8, 4) is 0 Å². The molecule has 4 unspecified atom stereocenters. The van der Waals surface area contributed by atoms with Gasteiger partial charge in [0.05, 0.1) is 5.92 Å². The Morgan fingerprint density at radius 1 is 1.37 bits per heavy atom. The van der Waals surface area contributed by atoms with Crippen molar-refractivity contribution in [2.45, 2.75) is 51.6 Å². The Kier molecular flexibility index (Phi) is 2.76. The number of nitrogens with one attached hydrogen (secondary N) is 1. The molecule has 3 rings (SSSR count). The van der Waals surface area contributed by atoms with Crippen LogP contribution in [0.4, 0.5) is 4.79 Å². The highest BCUT2D eigenvalue weighted by molar-refractivity contribution is 5.79. The van der Waals surface area contributed by atoms with Crippen molar-refractivity contribution in [1.82, 2.24) is 10.2 Å². The van der Waals surface area contributed by atoms with Gasteiger partial charge in [0, 0.05) is 18.6 Å². The van der Waals surface area contributed by atoms with Crippen LogP contribution < -0.4 is 5.32 Å². The molecule has 3 aliphatic rings. The number of carboxylic acids is 1. The number of hydrogen-bond donors (Lipinski definition) is 2. The molecular formula is C14H22N2O3. The fraction of sp³-hybridized carbons (Fsp3) is 0.857. The summed E-state index contributed by atoms with van der Waals surface area (Å²) >= 11 is 0. The van der Waals surface area contributed by atoms with Gasteiger partial charge in [-0.3, -0.25) is 4.79 Å². The van der Waals surface area contributed by atoms with Crippen LogP contribution in [0.3, 0.4) is 0 Å². The van der Waals surface area contributed by atoms with Gasteiger partial charge in [0.2, 0.25) is 0 Å². The van der Waals surface area contributed by atoms with Crippen LogP contribution in [-0.2, 0) is 4.79 Å². The van der Waals surface area contributed by atoms with Gasteiger partial charge < -0.3 is 15.3 Å². The number of hydrogen-bond acceptors (Lipinski definition) is 2. The van der Waals surface area contributed by atoms with Gasteiger partial charge >= 0.3 is 12.0 Å². The maximum Gasteiger partial charge on any atom is 0.317 e. The van der Waals surface area contributed by atoms with E-state index in [9.17, 15) is 14.7 Å². The molecule has 2 saturated heterocycles. The van der Waals surface area contributed by atoms with Crippen LogP contribution in [0.2, 0.25) is 0 Å². The Bertz CT molecular complexity index is 421. The van der Waals surface area contributed by atoms with Crippen molar-refractivity contribution in [3.63, 3.8) is 0 Å². The zero-order valence-corrected chi connectivity index (χ0v) is 11.6. The standard InChI is InChI=1S/C14H22N2O3/c1-14(2)6-8(14)7-15-13(19)16-9-3-4-11(16)10(5-9)12(17)18/h8-11H,3-7H2,1-2H3,(H,15,19)(H,17,18). The second-order valence-electron chi connectivity index (χ2n) is 6.96. The normalized spacial score (nSPS) is 38.3. The molecule has 0 radical (unpaired) electrons. The smallest absolute Gasteiger partial charge is 0.317 e. The van der Waals surface area contributed by atoms with Crippen LogP contribution in [-0.4, -0.2) is 40.6 Å². The van der Waals surface area contributed by atoms with E-state index in [0.29, 0.717) is 17.8 Å². The zero-order chi connectivity index (χ0) is 13.8. The first-order valence-corrected chi connectivity index (χ1v) is 7.19. The van der Waals surface area contributed by atoms with E-state index in [1.54, 1.807) is 4.90 Å². The Morgan fingerprint density at radius 2 is 2.05 bits per heavy atom. The van der Waals surface area contributed by atoms with Gasteiger partial charge in [-0.1, -0.05) is 13.8 Å². The Hall–Kier alpha value is -1.26. The van der Waals surface area contributed by atoms with Gasteiger partial charge in [0.25, 0.3) is 0 Å². The predicted octanol–water partition coefficient (Wildman–Crippen LogP) is 1.68. The third-order valence-electron chi connectivity index (χ3n) is 5.31. The third kappa shape index (κ3) is 2.09. The topological polar surface area (TPSA) is 69.6 Å². The molecular weight excluding hydrogens is 244 g/mol. The molecule has 2 bridgehead atoms. The molecule has 106 valence electrons. The van der Waals surface area contributed by atoms with Crippen LogP contribution in [0.25, 0.3) is 0 Å². The van der Waals surface area contributed by atoms with Gasteiger partial charge in [-0.25, -0.2) is 4.79 Å². The monoisotopic (exact) mass is 266 g/mol. The summed E-state index contributed by atoms with van der Waals surface area (Å²) < 4.78 is 0. The third-order valence-corrected chi connectivity index (χ3v) is 5.31. The van der Waals surface area contributed by atoms with Crippen LogP contribution >= 0.6 is 0 Å². The molecule has 4 atom stereocenters. The number of amides is 2. The van der Waals surface area contributed by atoms with Crippen LogP contribution in [0.1, 0.15) is 39.5 Å². The number of carbonyl (C=O) groups is 2. The summed E-state index contributed by atoms with van der Waals surface area (Å²) in [5.74, 6) is -0.540. The molecule has 1 aliphatic carbocycles. The minimum Gasteiger partial charge on any atom is -0.481 e. The molecule has 3 fully saturated rings. The molecule has 1 saturated carbocycles. The Labute approximate surface area is 113 Å². The first-order valence-electron chi connectivity index (χ1n) is 7.19. The van der Waals surface area contributed by atoms with E-state index in [-0.39, 0.29) is 24.0 Å². The number of carbonyl (C=O) groups excluding carboxylic acids is 1. The number of fused-ring (bicyclic) bond motifs is 2. The minimum atomic E-state index is -0.756. The average molecular weight is 266 g/mol. The highest BCUT2D eigenvalue weighted by Crippen LogP contribution is 2.51. The summed E-state index contributed by atoms with van der Waals surface area (Å²) in [4.78, 5) is 25.2.